The van der Waals surface area contributed by atoms with Gasteiger partial charge in [-0.05, 0) is 62.3 Å². The summed E-state index contributed by atoms with van der Waals surface area (Å²) in [6.45, 7) is 5.88. The van der Waals surface area contributed by atoms with E-state index in [1.165, 1.54) is 12.1 Å². The molecule has 1 aromatic heterocycles. The van der Waals surface area contributed by atoms with E-state index in [2.05, 4.69) is 22.7 Å². The minimum atomic E-state index is -0.905. The molecule has 41 heavy (non-hydrogen) atoms. The van der Waals surface area contributed by atoms with Crippen LogP contribution in [0.15, 0.2) is 60.7 Å². The fraction of sp³-hybridized carbons (Fsp3) is 0.469. The van der Waals surface area contributed by atoms with Crippen LogP contribution >= 0.6 is 0 Å². The molecule has 0 aliphatic carbocycles. The van der Waals surface area contributed by atoms with Crippen molar-refractivity contribution in [1.29, 1.82) is 0 Å². The number of hydrogen-bond donors (Lipinski definition) is 3. The van der Waals surface area contributed by atoms with E-state index in [0.29, 0.717) is 25.2 Å². The molecule has 3 N–H and O–H groups in total. The van der Waals surface area contributed by atoms with Gasteiger partial charge in [0.2, 0.25) is 0 Å². The molecule has 1 aliphatic rings. The Bertz CT molecular complexity index is 1260. The Morgan fingerprint density at radius 3 is 2.54 bits per heavy atom. The summed E-state index contributed by atoms with van der Waals surface area (Å²) in [5, 5.41) is 21.7. The average molecular weight is 564 g/mol. The zero-order chi connectivity index (χ0) is 29.2. The summed E-state index contributed by atoms with van der Waals surface area (Å²) in [5.74, 6) is -0.817. The standard InChI is InChI=1S/C32H42FN5O3/c1-3-10-26-13-8-9-18-37(26)32(41)29-20-28(36-38(29)4-2)31(40)35-27(19-23-11-6-5-7-12-23)30(39)22-34-21-24-14-16-25(33)17-15-24/h5-7,11-12,14-17,20,26-27,30,34,39H,3-4,8-10,13,18-19,21-22H2,1-2H3,(H,35,40)/t26?,27-,30-/m0/s1. The monoisotopic (exact) mass is 563 g/mol. The number of carbonyl (C=O) groups is 2. The van der Waals surface area contributed by atoms with Crippen molar-refractivity contribution in [3.8, 4) is 0 Å². The Hall–Kier alpha value is -3.56. The second-order valence-corrected chi connectivity index (χ2v) is 10.8. The van der Waals surface area contributed by atoms with Gasteiger partial charge in [0.05, 0.1) is 12.1 Å². The van der Waals surface area contributed by atoms with E-state index >= 15 is 0 Å². The summed E-state index contributed by atoms with van der Waals surface area (Å²) in [4.78, 5) is 29.0. The van der Waals surface area contributed by atoms with Gasteiger partial charge in [0.1, 0.15) is 11.5 Å². The number of carbonyl (C=O) groups excluding carboxylic acids is 2. The van der Waals surface area contributed by atoms with E-state index < -0.39 is 18.1 Å². The zero-order valence-electron chi connectivity index (χ0n) is 24.1. The topological polar surface area (TPSA) is 99.5 Å². The molecule has 3 atom stereocenters. The van der Waals surface area contributed by atoms with Crippen LogP contribution in [0.25, 0.3) is 0 Å². The molecular formula is C32H42FN5O3. The largest absolute Gasteiger partial charge is 0.390 e. The van der Waals surface area contributed by atoms with E-state index in [9.17, 15) is 19.1 Å². The molecule has 1 saturated heterocycles. The number of piperidine rings is 1. The fourth-order valence-corrected chi connectivity index (χ4v) is 5.49. The molecule has 0 saturated carbocycles. The van der Waals surface area contributed by atoms with Crippen molar-refractivity contribution in [3.05, 3.63) is 89.0 Å². The third-order valence-corrected chi connectivity index (χ3v) is 7.72. The molecule has 8 nitrogen and oxygen atoms in total. The molecule has 0 bridgehead atoms. The molecule has 9 heteroatoms. The molecule has 220 valence electrons. The summed E-state index contributed by atoms with van der Waals surface area (Å²) in [6.07, 6.45) is 4.59. The van der Waals surface area contributed by atoms with Crippen molar-refractivity contribution in [2.45, 2.75) is 83.6 Å². The number of aliphatic hydroxyl groups is 1. The zero-order valence-corrected chi connectivity index (χ0v) is 24.1. The third kappa shape index (κ3) is 8.24. The summed E-state index contributed by atoms with van der Waals surface area (Å²) >= 11 is 0. The first-order chi connectivity index (χ1) is 19.9. The van der Waals surface area contributed by atoms with Crippen LogP contribution in [0.5, 0.6) is 0 Å². The predicted molar refractivity (Wildman–Crippen MR) is 157 cm³/mol. The lowest BCUT2D eigenvalue weighted by molar-refractivity contribution is 0.0588. The molecule has 0 radical (unpaired) electrons. The molecule has 1 aliphatic heterocycles. The lowest BCUT2D eigenvalue weighted by atomic mass is 9.98. The average Bonchev–Trinajstić information content (AvgIpc) is 3.43. The van der Waals surface area contributed by atoms with Crippen molar-refractivity contribution in [2.24, 2.45) is 0 Å². The van der Waals surface area contributed by atoms with Gasteiger partial charge in [-0.15, -0.1) is 0 Å². The van der Waals surface area contributed by atoms with Gasteiger partial charge in [-0.3, -0.25) is 14.3 Å². The number of nitrogens with zero attached hydrogens (tertiary/aromatic N) is 3. The molecule has 2 heterocycles. The second-order valence-electron chi connectivity index (χ2n) is 10.8. The van der Waals surface area contributed by atoms with Crippen LogP contribution in [0, 0.1) is 5.82 Å². The van der Waals surface area contributed by atoms with E-state index in [1.807, 2.05) is 42.2 Å². The number of amides is 2. The molecule has 4 rings (SSSR count). The molecule has 0 spiro atoms. The smallest absolute Gasteiger partial charge is 0.272 e. The number of aryl methyl sites for hydroxylation is 1. The summed E-state index contributed by atoms with van der Waals surface area (Å²) in [6, 6.07) is 17.0. The lowest BCUT2D eigenvalue weighted by Crippen LogP contribution is -2.48. The van der Waals surface area contributed by atoms with Gasteiger partial charge in [-0.25, -0.2) is 4.39 Å². The minimum absolute atomic E-state index is 0.0811. The van der Waals surface area contributed by atoms with Crippen molar-refractivity contribution in [2.75, 3.05) is 13.1 Å². The molecule has 1 fully saturated rings. The fourth-order valence-electron chi connectivity index (χ4n) is 5.49. The Kier molecular flexibility index (Phi) is 11.0. The molecule has 3 aromatic rings. The van der Waals surface area contributed by atoms with E-state index in [0.717, 1.165) is 49.8 Å². The van der Waals surface area contributed by atoms with E-state index in [-0.39, 0.29) is 30.0 Å². The van der Waals surface area contributed by atoms with Crippen LogP contribution in [0.2, 0.25) is 0 Å². The van der Waals surface area contributed by atoms with E-state index in [4.69, 9.17) is 0 Å². The van der Waals surface area contributed by atoms with Crippen LogP contribution < -0.4 is 10.6 Å². The number of halogens is 1. The van der Waals surface area contributed by atoms with Crippen molar-refractivity contribution in [1.82, 2.24) is 25.3 Å². The van der Waals surface area contributed by atoms with Gasteiger partial charge in [-0.1, -0.05) is 55.8 Å². The SMILES string of the molecule is CCCC1CCCCN1C(=O)c1cc(C(=O)N[C@@H](Cc2ccccc2)[C@@H](O)CNCc2ccc(F)cc2)nn1CC. The number of aliphatic hydroxyl groups excluding tert-OH is 1. The quantitative estimate of drug-likeness (QED) is 0.288. The second kappa shape index (κ2) is 14.9. The van der Waals surface area contributed by atoms with Crippen molar-refractivity contribution < 1.29 is 19.1 Å². The predicted octanol–water partition coefficient (Wildman–Crippen LogP) is 4.33. The van der Waals surface area contributed by atoms with Gasteiger partial charge < -0.3 is 20.6 Å². The van der Waals surface area contributed by atoms with Crippen molar-refractivity contribution >= 4 is 11.8 Å². The molecule has 1 unspecified atom stereocenters. The van der Waals surface area contributed by atoms with Crippen LogP contribution in [0.1, 0.15) is 78.1 Å². The van der Waals surface area contributed by atoms with Crippen LogP contribution in [-0.2, 0) is 19.5 Å². The highest BCUT2D eigenvalue weighted by Crippen LogP contribution is 2.23. The maximum atomic E-state index is 13.6. The van der Waals surface area contributed by atoms with Gasteiger partial charge in [-0.2, -0.15) is 5.10 Å². The Morgan fingerprint density at radius 1 is 1.07 bits per heavy atom. The summed E-state index contributed by atoms with van der Waals surface area (Å²) in [5.41, 5.74) is 2.43. The number of likely N-dealkylation sites (tertiary alicyclic amines) is 1. The molecular weight excluding hydrogens is 521 g/mol. The maximum Gasteiger partial charge on any atom is 0.272 e. The van der Waals surface area contributed by atoms with E-state index in [1.54, 1.807) is 22.9 Å². The van der Waals surface area contributed by atoms with Crippen LogP contribution in [0.3, 0.4) is 0 Å². The van der Waals surface area contributed by atoms with Crippen LogP contribution in [-0.4, -0.2) is 62.9 Å². The molecule has 2 amide bonds. The summed E-state index contributed by atoms with van der Waals surface area (Å²) in [7, 11) is 0. The highest BCUT2D eigenvalue weighted by molar-refractivity contribution is 5.98. The Morgan fingerprint density at radius 2 is 1.83 bits per heavy atom. The highest BCUT2D eigenvalue weighted by Gasteiger charge is 2.31. The number of nitrogens with one attached hydrogen (secondary N) is 2. The first-order valence-electron chi connectivity index (χ1n) is 14.8. The Labute approximate surface area is 241 Å². The lowest BCUT2D eigenvalue weighted by Gasteiger charge is -2.35. The third-order valence-electron chi connectivity index (χ3n) is 7.72. The maximum absolute atomic E-state index is 13.6. The van der Waals surface area contributed by atoms with Gasteiger partial charge in [0.25, 0.3) is 11.8 Å². The van der Waals surface area contributed by atoms with Crippen molar-refractivity contribution in [3.63, 3.8) is 0 Å². The normalized spacial score (nSPS) is 16.8. The number of benzene rings is 2. The van der Waals surface area contributed by atoms with Gasteiger partial charge >= 0.3 is 0 Å². The first-order valence-corrected chi connectivity index (χ1v) is 14.8. The Balaban J connectivity index is 1.47. The first kappa shape index (κ1) is 30.4. The molecule has 2 aromatic carbocycles. The summed E-state index contributed by atoms with van der Waals surface area (Å²) < 4.78 is 14.8. The van der Waals surface area contributed by atoms with Crippen LogP contribution in [0.4, 0.5) is 4.39 Å². The minimum Gasteiger partial charge on any atom is -0.390 e. The number of aromatic nitrogens is 2. The van der Waals surface area contributed by atoms with Gasteiger partial charge in [0, 0.05) is 38.3 Å². The van der Waals surface area contributed by atoms with Gasteiger partial charge in [0.15, 0.2) is 5.69 Å². The number of rotatable bonds is 13. The highest BCUT2D eigenvalue weighted by atomic mass is 19.1. The number of hydrogen-bond acceptors (Lipinski definition) is 5.